The molecule has 2 heterocycles. The van der Waals surface area contributed by atoms with Gasteiger partial charge in [-0.05, 0) is 32.8 Å². The first kappa shape index (κ1) is 31.8. The second-order valence-corrected chi connectivity index (χ2v) is 12.5. The minimum Gasteiger partial charge on any atom is -0.507 e. The Morgan fingerprint density at radius 2 is 1.58 bits per heavy atom. The van der Waals surface area contributed by atoms with E-state index in [4.69, 9.17) is 24.7 Å². The van der Waals surface area contributed by atoms with Crippen molar-refractivity contribution in [3.05, 3.63) is 51.6 Å². The van der Waals surface area contributed by atoms with Crippen LogP contribution < -0.4 is 5.73 Å². The summed E-state index contributed by atoms with van der Waals surface area (Å²) in [6.07, 6.45) is -5.80. The van der Waals surface area contributed by atoms with Crippen LogP contribution in [0.2, 0.25) is 0 Å². The van der Waals surface area contributed by atoms with Crippen LogP contribution in [0.15, 0.2) is 18.2 Å². The first-order chi connectivity index (χ1) is 21.3. The minimum absolute atomic E-state index is 0.0141. The van der Waals surface area contributed by atoms with Crippen molar-refractivity contribution < 1.29 is 59.2 Å². The molecular formula is C32H39NO12. The topological polar surface area (TPSA) is 218 Å². The molecule has 0 radical (unpaired) electrons. The Kier molecular flexibility index (Phi) is 8.19. The number of rotatable bonds is 5. The van der Waals surface area contributed by atoms with Crippen LogP contribution in [0.1, 0.15) is 108 Å². The van der Waals surface area contributed by atoms with Crippen LogP contribution in [0.5, 0.6) is 17.2 Å². The zero-order chi connectivity index (χ0) is 32.5. The summed E-state index contributed by atoms with van der Waals surface area (Å²) in [5, 5.41) is 66.2. The van der Waals surface area contributed by atoms with Crippen molar-refractivity contribution in [2.75, 3.05) is 0 Å². The average Bonchev–Trinajstić information content (AvgIpc) is 2.99. The molecule has 10 atom stereocenters. The molecule has 0 amide bonds. The molecule has 2 aliphatic carbocycles. The predicted octanol–water partition coefficient (Wildman–Crippen LogP) is 1.95. The van der Waals surface area contributed by atoms with Crippen molar-refractivity contribution in [3.63, 3.8) is 0 Å². The molecule has 0 spiro atoms. The summed E-state index contributed by atoms with van der Waals surface area (Å²) in [5.74, 6) is -3.69. The van der Waals surface area contributed by atoms with Gasteiger partial charge in [0.2, 0.25) is 5.78 Å². The number of hydrogen-bond donors (Lipinski definition) is 7. The largest absolute Gasteiger partial charge is 0.507 e. The number of phenols is 3. The fraction of sp³-hybridized carbons (Fsp3) is 0.562. The fourth-order valence-corrected chi connectivity index (χ4v) is 7.07. The second kappa shape index (κ2) is 11.6. The highest BCUT2D eigenvalue weighted by molar-refractivity contribution is 6.31. The maximum absolute atomic E-state index is 13.6. The van der Waals surface area contributed by atoms with Crippen molar-refractivity contribution >= 4 is 11.6 Å². The highest BCUT2D eigenvalue weighted by atomic mass is 16.7. The van der Waals surface area contributed by atoms with Crippen LogP contribution >= 0.6 is 0 Å². The highest BCUT2D eigenvalue weighted by Gasteiger charge is 2.51. The summed E-state index contributed by atoms with van der Waals surface area (Å²) in [7, 11) is 0. The Balaban J connectivity index is 1.33. The lowest BCUT2D eigenvalue weighted by molar-refractivity contribution is -0.294. The zero-order valence-electron chi connectivity index (χ0n) is 25.2. The third-order valence-corrected chi connectivity index (χ3v) is 9.69. The molecule has 2 aromatic rings. The summed E-state index contributed by atoms with van der Waals surface area (Å²) in [4.78, 5) is 27.1. The number of hydrogen-bond acceptors (Lipinski definition) is 13. The van der Waals surface area contributed by atoms with E-state index in [2.05, 4.69) is 0 Å². The average molecular weight is 630 g/mol. The van der Waals surface area contributed by atoms with Crippen LogP contribution in [0.4, 0.5) is 0 Å². The van der Waals surface area contributed by atoms with Gasteiger partial charge < -0.3 is 55.3 Å². The summed E-state index contributed by atoms with van der Waals surface area (Å²) in [5.41, 5.74) is 2.57. The molecule has 6 rings (SSSR count). The molecule has 0 bridgehead atoms. The van der Waals surface area contributed by atoms with Gasteiger partial charge in [-0.1, -0.05) is 19.1 Å². The van der Waals surface area contributed by atoms with E-state index in [1.807, 2.05) is 0 Å². The van der Waals surface area contributed by atoms with Crippen LogP contribution in [-0.4, -0.2) is 90.8 Å². The van der Waals surface area contributed by atoms with Gasteiger partial charge in [0, 0.05) is 42.0 Å². The van der Waals surface area contributed by atoms with Gasteiger partial charge in [0.15, 0.2) is 18.4 Å². The van der Waals surface area contributed by atoms with E-state index in [1.165, 1.54) is 18.2 Å². The van der Waals surface area contributed by atoms with Crippen molar-refractivity contribution in [1.82, 2.24) is 0 Å². The summed E-state index contributed by atoms with van der Waals surface area (Å²) in [6.45, 7) is 5.13. The normalized spacial score (nSPS) is 36.3. The molecule has 244 valence electrons. The Hall–Kier alpha value is -3.14. The molecule has 8 N–H and O–H groups in total. The maximum atomic E-state index is 13.6. The highest BCUT2D eigenvalue weighted by Crippen LogP contribution is 2.56. The first-order valence-electron chi connectivity index (χ1n) is 15.3. The monoisotopic (exact) mass is 629 g/mol. The van der Waals surface area contributed by atoms with E-state index >= 15 is 0 Å². The number of nitrogens with two attached hydrogens (primary N) is 1. The summed E-state index contributed by atoms with van der Waals surface area (Å²) >= 11 is 0. The fourth-order valence-electron chi connectivity index (χ4n) is 7.07. The van der Waals surface area contributed by atoms with Crippen molar-refractivity contribution in [1.29, 1.82) is 0 Å². The second-order valence-electron chi connectivity index (χ2n) is 12.5. The van der Waals surface area contributed by atoms with Crippen molar-refractivity contribution in [2.24, 2.45) is 5.73 Å². The smallest absolute Gasteiger partial charge is 0.202 e. The minimum atomic E-state index is -1.85. The summed E-state index contributed by atoms with van der Waals surface area (Å²) in [6, 6.07) is 3.32. The Bertz CT molecular complexity index is 1520. The third kappa shape index (κ3) is 5.11. The Labute approximate surface area is 259 Å². The first-order valence-corrected chi connectivity index (χ1v) is 15.3. The molecule has 2 fully saturated rings. The van der Waals surface area contributed by atoms with E-state index in [1.54, 1.807) is 20.8 Å². The SMILES string of the molecule is CCC1(O)CC(O[C@H]2C[C@H](N)C(O[C@H]3CC[C@H](O)[C@H](C)O3)[C@H](C)O2)c2c(O)c3c(c(O)c2C1O)C(=O)c1cccc(O)c1C3=O. The third-order valence-electron chi connectivity index (χ3n) is 9.69. The molecule has 0 aromatic heterocycles. The molecule has 45 heavy (non-hydrogen) atoms. The van der Waals surface area contributed by atoms with Gasteiger partial charge >= 0.3 is 0 Å². The van der Waals surface area contributed by atoms with Gasteiger partial charge in [-0.2, -0.15) is 0 Å². The van der Waals surface area contributed by atoms with Crippen LogP contribution in [-0.2, 0) is 18.9 Å². The van der Waals surface area contributed by atoms with E-state index < -0.39 is 101 Å². The van der Waals surface area contributed by atoms with Crippen molar-refractivity contribution in [2.45, 2.75) is 114 Å². The van der Waals surface area contributed by atoms with Gasteiger partial charge in [-0.3, -0.25) is 9.59 Å². The lowest BCUT2D eigenvalue weighted by Gasteiger charge is -2.45. The number of phenolic OH excluding ortho intramolecular Hbond substituents is 3. The van der Waals surface area contributed by atoms with Gasteiger partial charge in [0.25, 0.3) is 0 Å². The molecule has 2 saturated heterocycles. The van der Waals surface area contributed by atoms with E-state index in [-0.39, 0.29) is 41.5 Å². The number of carbonyl (C=O) groups is 2. The number of aliphatic hydroxyl groups excluding tert-OH is 2. The molecule has 0 saturated carbocycles. The van der Waals surface area contributed by atoms with E-state index in [0.29, 0.717) is 12.8 Å². The van der Waals surface area contributed by atoms with E-state index in [0.717, 1.165) is 0 Å². The molecule has 13 nitrogen and oxygen atoms in total. The molecular weight excluding hydrogens is 590 g/mol. The number of carbonyl (C=O) groups excluding carboxylic acids is 2. The number of aromatic hydroxyl groups is 3. The zero-order valence-corrected chi connectivity index (χ0v) is 25.2. The quantitative estimate of drug-likeness (QED) is 0.201. The number of benzene rings is 2. The number of aliphatic hydroxyl groups is 3. The lowest BCUT2D eigenvalue weighted by atomic mass is 9.70. The number of ether oxygens (including phenoxy) is 4. The van der Waals surface area contributed by atoms with Crippen LogP contribution in [0, 0.1) is 0 Å². The van der Waals surface area contributed by atoms with Gasteiger partial charge in [0.05, 0.1) is 46.7 Å². The Morgan fingerprint density at radius 1 is 0.911 bits per heavy atom. The number of ketones is 2. The predicted molar refractivity (Wildman–Crippen MR) is 155 cm³/mol. The van der Waals surface area contributed by atoms with Crippen LogP contribution in [0.25, 0.3) is 0 Å². The van der Waals surface area contributed by atoms with Crippen molar-refractivity contribution in [3.8, 4) is 17.2 Å². The number of fused-ring (bicyclic) bond motifs is 3. The molecule has 13 heteroatoms. The van der Waals surface area contributed by atoms with Crippen LogP contribution in [0.3, 0.4) is 0 Å². The van der Waals surface area contributed by atoms with Gasteiger partial charge in [-0.15, -0.1) is 0 Å². The molecule has 4 aliphatic rings. The Morgan fingerprint density at radius 3 is 2.24 bits per heavy atom. The standard InChI is InChI=1S/C32H39NO12/c1-4-32(41)11-18(44-20-10-15(33)30(13(3)43-20)45-19-9-8-16(34)12(2)42-19)22-25(31(32)40)29(39)23-24(28(22)38)27(37)21-14(26(23)36)6-5-7-17(21)35/h5-7,12-13,15-16,18-20,30-31,34-35,38-41H,4,8-11,33H2,1-3H3/t12-,13-,15-,16-,18?,19-,20-,30?,31?,32?/m0/s1. The molecule has 4 unspecified atom stereocenters. The summed E-state index contributed by atoms with van der Waals surface area (Å²) < 4.78 is 24.3. The molecule has 2 aromatic carbocycles. The van der Waals surface area contributed by atoms with Gasteiger partial charge in [-0.25, -0.2) is 0 Å². The van der Waals surface area contributed by atoms with Gasteiger partial charge in [0.1, 0.15) is 29.5 Å². The molecule has 2 aliphatic heterocycles. The van der Waals surface area contributed by atoms with E-state index in [9.17, 15) is 40.2 Å². The lowest BCUT2D eigenvalue weighted by Crippen LogP contribution is -2.55. The maximum Gasteiger partial charge on any atom is 0.202 e.